The average molecular weight is 388 g/mol. The fourth-order valence-corrected chi connectivity index (χ4v) is 3.43. The van der Waals surface area contributed by atoms with E-state index >= 15 is 0 Å². The number of halogens is 1. The number of carboxylic acids is 1. The van der Waals surface area contributed by atoms with Crippen LogP contribution in [-0.4, -0.2) is 35.3 Å². The fraction of sp³-hybridized carbons (Fsp3) is 0.200. The van der Waals surface area contributed by atoms with Gasteiger partial charge in [-0.3, -0.25) is 4.79 Å². The van der Waals surface area contributed by atoms with Crippen molar-refractivity contribution < 1.29 is 24.5 Å². The van der Waals surface area contributed by atoms with Crippen molar-refractivity contribution in [2.45, 2.75) is 18.9 Å². The Morgan fingerprint density at radius 3 is 2.59 bits per heavy atom. The molecule has 0 saturated heterocycles. The maximum atomic E-state index is 12.5. The van der Waals surface area contributed by atoms with Crippen molar-refractivity contribution in [3.8, 4) is 16.9 Å². The van der Waals surface area contributed by atoms with Crippen LogP contribution in [0.1, 0.15) is 12.8 Å². The van der Waals surface area contributed by atoms with Gasteiger partial charge in [-0.2, -0.15) is 0 Å². The van der Waals surface area contributed by atoms with Crippen LogP contribution in [0.3, 0.4) is 0 Å². The molecule has 0 saturated carbocycles. The van der Waals surface area contributed by atoms with E-state index in [4.69, 9.17) is 16.3 Å². The summed E-state index contributed by atoms with van der Waals surface area (Å²) in [5, 5.41) is 22.1. The molecule has 0 spiro atoms. The molecule has 0 radical (unpaired) electrons. The van der Waals surface area contributed by atoms with E-state index in [-0.39, 0.29) is 24.0 Å². The SMILES string of the molecule is COc1ccccc1-c1ccc(NC(=O)C2=C(C(=O)O)CCC2O)cc1Cl. The number of carbonyl (C=O) groups excluding carboxylic acids is 1. The molecule has 27 heavy (non-hydrogen) atoms. The molecule has 1 unspecified atom stereocenters. The van der Waals surface area contributed by atoms with Crippen LogP contribution in [0, 0.1) is 0 Å². The van der Waals surface area contributed by atoms with Crippen LogP contribution in [0.5, 0.6) is 5.75 Å². The van der Waals surface area contributed by atoms with Crippen LogP contribution in [0.25, 0.3) is 11.1 Å². The van der Waals surface area contributed by atoms with Crippen LogP contribution in [0.2, 0.25) is 5.02 Å². The zero-order valence-corrected chi connectivity index (χ0v) is 15.3. The van der Waals surface area contributed by atoms with E-state index < -0.39 is 18.0 Å². The molecule has 0 fully saturated rings. The fourth-order valence-electron chi connectivity index (χ4n) is 3.15. The number of hydrogen-bond donors (Lipinski definition) is 3. The third-order valence-electron chi connectivity index (χ3n) is 4.45. The number of hydrogen-bond acceptors (Lipinski definition) is 4. The highest BCUT2D eigenvalue weighted by Gasteiger charge is 2.32. The van der Waals surface area contributed by atoms with Crippen LogP contribution < -0.4 is 10.1 Å². The van der Waals surface area contributed by atoms with E-state index in [9.17, 15) is 19.8 Å². The molecule has 2 aromatic rings. The van der Waals surface area contributed by atoms with Crippen LogP contribution in [0.15, 0.2) is 53.6 Å². The van der Waals surface area contributed by atoms with Crippen LogP contribution in [0.4, 0.5) is 5.69 Å². The van der Waals surface area contributed by atoms with Gasteiger partial charge in [-0.1, -0.05) is 35.9 Å². The second kappa shape index (κ2) is 7.82. The Kier molecular flexibility index (Phi) is 5.48. The lowest BCUT2D eigenvalue weighted by molar-refractivity contribution is -0.133. The highest BCUT2D eigenvalue weighted by atomic mass is 35.5. The molecule has 0 aliphatic heterocycles. The van der Waals surface area contributed by atoms with Gasteiger partial charge in [0.2, 0.25) is 0 Å². The number of methoxy groups -OCH3 is 1. The first-order valence-electron chi connectivity index (χ1n) is 8.31. The standard InChI is InChI=1S/C20H18ClNO5/c1-27-17-5-3-2-4-13(17)12-7-6-11(10-15(12)21)22-19(24)18-14(20(25)26)8-9-16(18)23/h2-7,10,16,23H,8-9H2,1H3,(H,22,24)(H,25,26). The topological polar surface area (TPSA) is 95.9 Å². The number of carbonyl (C=O) groups is 2. The van der Waals surface area contributed by atoms with Crippen molar-refractivity contribution in [2.24, 2.45) is 0 Å². The second-order valence-corrected chi connectivity index (χ2v) is 6.51. The molecule has 0 heterocycles. The van der Waals surface area contributed by atoms with Gasteiger partial charge in [0.1, 0.15) is 5.75 Å². The van der Waals surface area contributed by atoms with Crippen molar-refractivity contribution >= 4 is 29.2 Å². The maximum absolute atomic E-state index is 12.5. The number of aliphatic carboxylic acids is 1. The van der Waals surface area contributed by atoms with Crippen molar-refractivity contribution in [3.63, 3.8) is 0 Å². The number of para-hydroxylation sites is 1. The molecular weight excluding hydrogens is 370 g/mol. The summed E-state index contributed by atoms with van der Waals surface area (Å²) in [4.78, 5) is 23.7. The Morgan fingerprint density at radius 1 is 1.19 bits per heavy atom. The molecule has 3 rings (SSSR count). The molecule has 7 heteroatoms. The van der Waals surface area contributed by atoms with Crippen molar-refractivity contribution in [3.05, 3.63) is 58.6 Å². The van der Waals surface area contributed by atoms with Gasteiger partial charge >= 0.3 is 5.97 Å². The Bertz CT molecular complexity index is 938. The van der Waals surface area contributed by atoms with Gasteiger partial charge in [0, 0.05) is 22.4 Å². The lowest BCUT2D eigenvalue weighted by atomic mass is 10.0. The van der Waals surface area contributed by atoms with Crippen molar-refractivity contribution in [1.29, 1.82) is 0 Å². The molecule has 140 valence electrons. The van der Waals surface area contributed by atoms with Crippen molar-refractivity contribution in [2.75, 3.05) is 12.4 Å². The number of aliphatic hydroxyl groups is 1. The monoisotopic (exact) mass is 387 g/mol. The second-order valence-electron chi connectivity index (χ2n) is 6.10. The molecule has 0 aromatic heterocycles. The van der Waals surface area contributed by atoms with Crippen molar-refractivity contribution in [1.82, 2.24) is 0 Å². The zero-order chi connectivity index (χ0) is 19.6. The Morgan fingerprint density at radius 2 is 1.93 bits per heavy atom. The minimum Gasteiger partial charge on any atom is -0.496 e. The molecule has 3 N–H and O–H groups in total. The number of anilines is 1. The number of aliphatic hydroxyl groups excluding tert-OH is 1. The number of nitrogens with one attached hydrogen (secondary N) is 1. The van der Waals surface area contributed by atoms with E-state index in [1.54, 1.807) is 25.3 Å². The zero-order valence-electron chi connectivity index (χ0n) is 14.5. The van der Waals surface area contributed by atoms with E-state index in [1.165, 1.54) is 0 Å². The predicted molar refractivity (Wildman–Crippen MR) is 102 cm³/mol. The largest absolute Gasteiger partial charge is 0.496 e. The van der Waals surface area contributed by atoms with Gasteiger partial charge in [0.25, 0.3) is 5.91 Å². The number of ether oxygens (including phenoxy) is 1. The predicted octanol–water partition coefficient (Wildman–Crippen LogP) is 3.49. The molecule has 1 amide bonds. The quantitative estimate of drug-likeness (QED) is 0.729. The summed E-state index contributed by atoms with van der Waals surface area (Å²) >= 11 is 6.38. The molecule has 1 aliphatic carbocycles. The first kappa shape index (κ1) is 18.9. The molecule has 6 nitrogen and oxygen atoms in total. The van der Waals surface area contributed by atoms with E-state index in [0.717, 1.165) is 11.1 Å². The number of rotatable bonds is 5. The molecular formula is C20H18ClNO5. The third kappa shape index (κ3) is 3.82. The summed E-state index contributed by atoms with van der Waals surface area (Å²) in [6.07, 6.45) is -0.704. The molecule has 1 aliphatic rings. The van der Waals surface area contributed by atoms with Gasteiger partial charge in [-0.05, 0) is 31.0 Å². The minimum absolute atomic E-state index is 0.0586. The maximum Gasteiger partial charge on any atom is 0.332 e. The average Bonchev–Trinajstić information content (AvgIpc) is 3.04. The first-order chi connectivity index (χ1) is 12.9. The summed E-state index contributed by atoms with van der Waals surface area (Å²) in [6.45, 7) is 0. The van der Waals surface area contributed by atoms with E-state index in [2.05, 4.69) is 5.32 Å². The van der Waals surface area contributed by atoms with Gasteiger partial charge in [-0.25, -0.2) is 4.79 Å². The Balaban J connectivity index is 1.87. The van der Waals surface area contributed by atoms with Gasteiger partial charge in [-0.15, -0.1) is 0 Å². The molecule has 2 aromatic carbocycles. The van der Waals surface area contributed by atoms with E-state index in [0.29, 0.717) is 16.5 Å². The summed E-state index contributed by atoms with van der Waals surface area (Å²) < 4.78 is 5.35. The third-order valence-corrected chi connectivity index (χ3v) is 4.77. The first-order valence-corrected chi connectivity index (χ1v) is 8.69. The molecule has 0 bridgehead atoms. The number of carboxylic acid groups (broad SMARTS) is 1. The van der Waals surface area contributed by atoms with Crippen LogP contribution in [-0.2, 0) is 9.59 Å². The minimum atomic E-state index is -1.19. The highest BCUT2D eigenvalue weighted by molar-refractivity contribution is 6.33. The Hall–Kier alpha value is -2.83. The van der Waals surface area contributed by atoms with E-state index in [1.807, 2.05) is 24.3 Å². The highest BCUT2D eigenvalue weighted by Crippen LogP contribution is 2.36. The van der Waals surface area contributed by atoms with Gasteiger partial charge in [0.15, 0.2) is 0 Å². The summed E-state index contributed by atoms with van der Waals surface area (Å²) in [6, 6.07) is 12.4. The Labute approximate surface area is 161 Å². The van der Waals surface area contributed by atoms with Gasteiger partial charge < -0.3 is 20.3 Å². The smallest absolute Gasteiger partial charge is 0.332 e. The normalized spacial score (nSPS) is 16.3. The summed E-state index contributed by atoms with van der Waals surface area (Å²) in [7, 11) is 1.57. The lowest BCUT2D eigenvalue weighted by Crippen LogP contribution is -2.23. The molecule has 1 atom stereocenters. The van der Waals surface area contributed by atoms with Gasteiger partial charge in [0.05, 0.1) is 23.8 Å². The summed E-state index contributed by atoms with van der Waals surface area (Å²) in [5.74, 6) is -1.17. The number of benzene rings is 2. The lowest BCUT2D eigenvalue weighted by Gasteiger charge is -2.13. The van der Waals surface area contributed by atoms with Crippen LogP contribution >= 0.6 is 11.6 Å². The number of amides is 1. The summed E-state index contributed by atoms with van der Waals surface area (Å²) in [5.41, 5.74) is 1.78.